The van der Waals surface area contributed by atoms with E-state index in [1.54, 1.807) is 6.92 Å². The van der Waals surface area contributed by atoms with E-state index < -0.39 is 42.5 Å². The van der Waals surface area contributed by atoms with Crippen molar-refractivity contribution in [3.63, 3.8) is 0 Å². The Balaban J connectivity index is 2.14. The van der Waals surface area contributed by atoms with Gasteiger partial charge in [0, 0.05) is 11.5 Å². The van der Waals surface area contributed by atoms with Crippen LogP contribution in [0.25, 0.3) is 0 Å². The molecule has 5 atom stereocenters. The maximum absolute atomic E-state index is 12.3. The average molecular weight is 365 g/mol. The molecule has 1 unspecified atom stereocenters. The van der Waals surface area contributed by atoms with E-state index in [0.29, 0.717) is 17.9 Å². The van der Waals surface area contributed by atoms with Crippen LogP contribution in [0.5, 0.6) is 0 Å². The zero-order chi connectivity index (χ0) is 17.1. The first-order valence-corrected chi connectivity index (χ1v) is 9.07. The van der Waals surface area contributed by atoms with E-state index in [9.17, 15) is 24.9 Å². The molecular weight excluding hydrogens is 346 g/mol. The number of hydrogen-bond donors (Lipinski definition) is 5. The quantitative estimate of drug-likeness (QED) is 0.429. The molecule has 0 aliphatic carbocycles. The molecule has 0 aromatic rings. The minimum Gasteiger partial charge on any atom is -0.477 e. The maximum atomic E-state index is 12.3. The van der Waals surface area contributed by atoms with Crippen molar-refractivity contribution in [2.24, 2.45) is 0 Å². The molecule has 2 aliphatic rings. The van der Waals surface area contributed by atoms with E-state index in [2.05, 4.69) is 5.32 Å². The van der Waals surface area contributed by atoms with Gasteiger partial charge in [0.25, 0.3) is 5.91 Å². The van der Waals surface area contributed by atoms with Gasteiger partial charge < -0.3 is 30.5 Å². The van der Waals surface area contributed by atoms with Crippen molar-refractivity contribution < 1.29 is 34.8 Å². The van der Waals surface area contributed by atoms with Gasteiger partial charge in [-0.2, -0.15) is 0 Å². The second-order valence-electron chi connectivity index (χ2n) is 5.11. The van der Waals surface area contributed by atoms with Crippen molar-refractivity contribution in [1.29, 1.82) is 0 Å². The van der Waals surface area contributed by atoms with E-state index in [4.69, 9.17) is 9.84 Å². The summed E-state index contributed by atoms with van der Waals surface area (Å²) in [4.78, 5) is 23.5. The molecule has 8 nitrogen and oxygen atoms in total. The number of hydrogen-bond acceptors (Lipinski definition) is 8. The highest BCUT2D eigenvalue weighted by molar-refractivity contribution is 8.11. The molecule has 2 aliphatic heterocycles. The van der Waals surface area contributed by atoms with E-state index in [1.165, 1.54) is 0 Å². The molecule has 130 valence electrons. The highest BCUT2D eigenvalue weighted by Gasteiger charge is 2.44. The van der Waals surface area contributed by atoms with Crippen molar-refractivity contribution in [3.05, 3.63) is 9.81 Å². The van der Waals surface area contributed by atoms with E-state index in [-0.39, 0.29) is 9.81 Å². The predicted octanol–water partition coefficient (Wildman–Crippen LogP) is -0.904. The van der Waals surface area contributed by atoms with Crippen LogP contribution in [0.3, 0.4) is 0 Å². The van der Waals surface area contributed by atoms with E-state index >= 15 is 0 Å². The Morgan fingerprint density at radius 1 is 1.17 bits per heavy atom. The van der Waals surface area contributed by atoms with Gasteiger partial charge in [0.15, 0.2) is 6.29 Å². The molecule has 1 saturated heterocycles. The van der Waals surface area contributed by atoms with Gasteiger partial charge in [0.2, 0.25) is 0 Å². The van der Waals surface area contributed by atoms with Gasteiger partial charge in [-0.25, -0.2) is 4.79 Å². The first kappa shape index (κ1) is 18.6. The zero-order valence-electron chi connectivity index (χ0n) is 12.3. The van der Waals surface area contributed by atoms with Gasteiger partial charge in [0.1, 0.15) is 23.2 Å². The predicted molar refractivity (Wildman–Crippen MR) is 84.7 cm³/mol. The first-order chi connectivity index (χ1) is 10.9. The largest absolute Gasteiger partial charge is 0.477 e. The van der Waals surface area contributed by atoms with Gasteiger partial charge in [0.05, 0.1) is 11.0 Å². The highest BCUT2D eigenvalue weighted by Crippen LogP contribution is 2.34. The normalized spacial score (nSPS) is 35.0. The molecule has 1 fully saturated rings. The van der Waals surface area contributed by atoms with Crippen LogP contribution in [0.1, 0.15) is 13.3 Å². The van der Waals surface area contributed by atoms with Crippen LogP contribution >= 0.6 is 23.5 Å². The number of nitrogens with one attached hydrogen (secondary N) is 1. The summed E-state index contributed by atoms with van der Waals surface area (Å²) in [5, 5.41) is 41.5. The number of amides is 1. The van der Waals surface area contributed by atoms with E-state index in [1.807, 2.05) is 0 Å². The monoisotopic (exact) mass is 365 g/mol. The number of aliphatic hydroxyl groups is 3. The third-order valence-electron chi connectivity index (χ3n) is 3.60. The van der Waals surface area contributed by atoms with Crippen molar-refractivity contribution in [2.45, 2.75) is 44.0 Å². The Kier molecular flexibility index (Phi) is 6.34. The second-order valence-corrected chi connectivity index (χ2v) is 7.32. The molecule has 0 radical (unpaired) electrons. The maximum Gasteiger partial charge on any atom is 0.343 e. The average Bonchev–Trinajstić information content (AvgIpc) is 2.54. The Labute approximate surface area is 141 Å². The topological polar surface area (TPSA) is 136 Å². The van der Waals surface area contributed by atoms with Gasteiger partial charge in [-0.15, -0.1) is 23.5 Å². The number of aliphatic hydroxyl groups excluding tert-OH is 3. The molecule has 0 aromatic heterocycles. The van der Waals surface area contributed by atoms with Crippen molar-refractivity contribution in [1.82, 2.24) is 5.32 Å². The Morgan fingerprint density at radius 2 is 1.78 bits per heavy atom. The highest BCUT2D eigenvalue weighted by atomic mass is 32.2. The third kappa shape index (κ3) is 4.01. The minimum atomic E-state index is -1.49. The number of carbonyl (C=O) groups is 2. The van der Waals surface area contributed by atoms with Gasteiger partial charge in [-0.05, 0) is 6.42 Å². The summed E-state index contributed by atoms with van der Waals surface area (Å²) in [6.07, 6.45) is -4.51. The second kappa shape index (κ2) is 7.86. The number of thioether (sulfide) groups is 2. The molecule has 23 heavy (non-hydrogen) atoms. The van der Waals surface area contributed by atoms with Crippen LogP contribution in [0.15, 0.2) is 9.81 Å². The zero-order valence-corrected chi connectivity index (χ0v) is 14.0. The fourth-order valence-corrected chi connectivity index (χ4v) is 4.59. The fraction of sp³-hybridized carbons (Fsp3) is 0.692. The summed E-state index contributed by atoms with van der Waals surface area (Å²) >= 11 is 2.17. The molecule has 0 saturated carbocycles. The molecule has 10 heteroatoms. The number of rotatable bonds is 4. The standard InChI is InChI=1S/C13H19NO7S2/c1-2-5-7(15)8(16)6(13(20)21-5)14-11(17)9-10(12(18)19)23-4-3-22-9/h5-8,13,15-16,20H,2-4H2,1H3,(H,14,17)(H,18,19)/t5?,6-,7+,8+,13+/m0/s1. The van der Waals surface area contributed by atoms with Crippen LogP contribution in [0.4, 0.5) is 0 Å². The first-order valence-electron chi connectivity index (χ1n) is 7.10. The lowest BCUT2D eigenvalue weighted by molar-refractivity contribution is -0.247. The smallest absolute Gasteiger partial charge is 0.343 e. The van der Waals surface area contributed by atoms with Crippen molar-refractivity contribution in [3.8, 4) is 0 Å². The van der Waals surface area contributed by atoms with Crippen LogP contribution in [0, 0.1) is 0 Å². The summed E-state index contributed by atoms with van der Waals surface area (Å²) in [6.45, 7) is 1.73. The minimum absolute atomic E-state index is 0.0280. The lowest BCUT2D eigenvalue weighted by Gasteiger charge is -2.40. The number of aliphatic carboxylic acids is 1. The van der Waals surface area contributed by atoms with Crippen LogP contribution in [0.2, 0.25) is 0 Å². The van der Waals surface area contributed by atoms with Gasteiger partial charge >= 0.3 is 5.97 Å². The van der Waals surface area contributed by atoms with Crippen LogP contribution in [-0.4, -0.2) is 74.5 Å². The lowest BCUT2D eigenvalue weighted by Crippen LogP contribution is -2.63. The number of carbonyl (C=O) groups excluding carboxylic acids is 1. The molecule has 0 spiro atoms. The Bertz CT molecular complexity index is 513. The number of carboxylic acids is 1. The van der Waals surface area contributed by atoms with Crippen LogP contribution in [-0.2, 0) is 14.3 Å². The molecule has 2 heterocycles. The Hall–Kier alpha value is -0.780. The van der Waals surface area contributed by atoms with E-state index in [0.717, 1.165) is 23.5 Å². The van der Waals surface area contributed by atoms with Crippen molar-refractivity contribution in [2.75, 3.05) is 11.5 Å². The molecule has 0 aromatic carbocycles. The summed E-state index contributed by atoms with van der Waals surface area (Å²) in [6, 6.07) is -1.24. The third-order valence-corrected chi connectivity index (χ3v) is 6.15. The summed E-state index contributed by atoms with van der Waals surface area (Å²) < 4.78 is 5.18. The molecule has 0 bridgehead atoms. The fourth-order valence-electron chi connectivity index (χ4n) is 2.40. The number of carboxylic acid groups (broad SMARTS) is 1. The van der Waals surface area contributed by atoms with Gasteiger partial charge in [-0.3, -0.25) is 4.79 Å². The molecule has 1 amide bonds. The molecule has 5 N–H and O–H groups in total. The van der Waals surface area contributed by atoms with Crippen LogP contribution < -0.4 is 5.32 Å². The molecule has 2 rings (SSSR count). The lowest BCUT2D eigenvalue weighted by atomic mass is 9.95. The summed E-state index contributed by atoms with van der Waals surface area (Å²) in [5.41, 5.74) is 0. The molecular formula is C13H19NO7S2. The summed E-state index contributed by atoms with van der Waals surface area (Å²) in [5.74, 6) is -0.748. The summed E-state index contributed by atoms with van der Waals surface area (Å²) in [7, 11) is 0. The SMILES string of the molecule is CCC1O[C@@H](O)[C@@H](NC(=O)C2=C(C(=O)O)SCCS2)[C@@H](O)[C@@H]1O. The van der Waals surface area contributed by atoms with Gasteiger partial charge in [-0.1, -0.05) is 6.92 Å². The van der Waals surface area contributed by atoms with Crippen molar-refractivity contribution >= 4 is 35.4 Å². The number of ether oxygens (including phenoxy) is 1. The Morgan fingerprint density at radius 3 is 2.35 bits per heavy atom.